The summed E-state index contributed by atoms with van der Waals surface area (Å²) in [5.74, 6) is 0. The molecule has 1 atom stereocenters. The van der Waals surface area contributed by atoms with Gasteiger partial charge in [0.05, 0.1) is 11.0 Å². The monoisotopic (exact) mass is 294 g/mol. The Bertz CT molecular complexity index is 726. The molecule has 0 aliphatic heterocycles. The molecule has 0 fully saturated rings. The van der Waals surface area contributed by atoms with Crippen LogP contribution in [-0.2, 0) is 10.0 Å². The van der Waals surface area contributed by atoms with Crippen molar-refractivity contribution < 1.29 is 13.5 Å². The molecule has 2 aromatic carbocycles. The molecule has 0 aliphatic carbocycles. The van der Waals surface area contributed by atoms with Crippen molar-refractivity contribution in [1.29, 1.82) is 0 Å². The van der Waals surface area contributed by atoms with E-state index in [0.717, 1.165) is 4.31 Å². The predicted octanol–water partition coefficient (Wildman–Crippen LogP) is 1.42. The van der Waals surface area contributed by atoms with Crippen LogP contribution in [0.25, 0.3) is 10.8 Å². The highest BCUT2D eigenvalue weighted by molar-refractivity contribution is 7.89. The molecule has 2 rings (SSSR count). The number of sulfonamides is 1. The molecule has 20 heavy (non-hydrogen) atoms. The van der Waals surface area contributed by atoms with Gasteiger partial charge in [0.1, 0.15) is 0 Å². The zero-order valence-electron chi connectivity index (χ0n) is 11.4. The summed E-state index contributed by atoms with van der Waals surface area (Å²) in [7, 11) is -2.21. The van der Waals surface area contributed by atoms with Crippen molar-refractivity contribution in [2.45, 2.75) is 17.9 Å². The Hall–Kier alpha value is -1.63. The highest BCUT2D eigenvalue weighted by Gasteiger charge is 2.24. The molecule has 6 heteroatoms. The first kappa shape index (κ1) is 14.8. The summed E-state index contributed by atoms with van der Waals surface area (Å²) in [5, 5.41) is 10.7. The maximum atomic E-state index is 12.6. The van der Waals surface area contributed by atoms with Gasteiger partial charge in [-0.2, -0.15) is 4.31 Å². The van der Waals surface area contributed by atoms with Gasteiger partial charge in [-0.3, -0.25) is 0 Å². The van der Waals surface area contributed by atoms with Crippen LogP contribution in [-0.4, -0.2) is 37.5 Å². The van der Waals surface area contributed by atoms with Crippen molar-refractivity contribution in [2.75, 3.05) is 19.3 Å². The minimum Gasteiger partial charge on any atom is -0.398 e. The molecule has 1 unspecified atom stereocenters. The summed E-state index contributed by atoms with van der Waals surface area (Å²) < 4.78 is 26.3. The number of aliphatic hydroxyl groups is 1. The molecule has 0 bridgehead atoms. The first-order valence-corrected chi connectivity index (χ1v) is 7.69. The second kappa shape index (κ2) is 5.40. The van der Waals surface area contributed by atoms with E-state index in [1.165, 1.54) is 13.1 Å². The van der Waals surface area contributed by atoms with Crippen molar-refractivity contribution in [3.05, 3.63) is 36.4 Å². The van der Waals surface area contributed by atoms with Crippen LogP contribution < -0.4 is 5.73 Å². The number of nitrogen functional groups attached to an aromatic ring is 1. The van der Waals surface area contributed by atoms with Gasteiger partial charge in [-0.25, -0.2) is 8.42 Å². The standard InChI is InChI=1S/C14H18N2O3S/c1-10(17)9-16(2)20(18,19)14-8-7-13(15)11-5-3-4-6-12(11)14/h3-8,10,17H,9,15H2,1-2H3. The molecule has 0 spiro atoms. The topological polar surface area (TPSA) is 83.6 Å². The van der Waals surface area contributed by atoms with Crippen LogP contribution in [0.4, 0.5) is 5.69 Å². The molecule has 0 radical (unpaired) electrons. The Morgan fingerprint density at radius 3 is 2.40 bits per heavy atom. The third-order valence-corrected chi connectivity index (χ3v) is 5.01. The van der Waals surface area contributed by atoms with Crippen LogP contribution in [0.15, 0.2) is 41.3 Å². The highest BCUT2D eigenvalue weighted by atomic mass is 32.2. The van der Waals surface area contributed by atoms with Crippen LogP contribution in [0, 0.1) is 0 Å². The number of benzene rings is 2. The lowest BCUT2D eigenvalue weighted by molar-refractivity contribution is 0.171. The predicted molar refractivity (Wildman–Crippen MR) is 79.9 cm³/mol. The lowest BCUT2D eigenvalue weighted by Gasteiger charge is -2.20. The molecule has 0 saturated carbocycles. The molecule has 108 valence electrons. The Morgan fingerprint density at radius 1 is 1.20 bits per heavy atom. The van der Waals surface area contributed by atoms with Crippen molar-refractivity contribution in [3.8, 4) is 0 Å². The van der Waals surface area contributed by atoms with Gasteiger partial charge in [-0.05, 0) is 19.1 Å². The summed E-state index contributed by atoms with van der Waals surface area (Å²) in [5.41, 5.74) is 6.42. The Labute approximate surface area is 118 Å². The SMILES string of the molecule is CC(O)CN(C)S(=O)(=O)c1ccc(N)c2ccccc12. The van der Waals surface area contributed by atoms with Gasteiger partial charge in [0.15, 0.2) is 0 Å². The van der Waals surface area contributed by atoms with Gasteiger partial charge in [-0.1, -0.05) is 24.3 Å². The van der Waals surface area contributed by atoms with Gasteiger partial charge >= 0.3 is 0 Å². The summed E-state index contributed by atoms with van der Waals surface area (Å²) in [6.07, 6.45) is -0.727. The molecule has 0 aliphatic rings. The lowest BCUT2D eigenvalue weighted by atomic mass is 10.1. The van der Waals surface area contributed by atoms with Crippen molar-refractivity contribution >= 4 is 26.5 Å². The molecule has 0 amide bonds. The number of hydrogen-bond donors (Lipinski definition) is 2. The van der Waals surface area contributed by atoms with Crippen LogP contribution in [0.2, 0.25) is 0 Å². The number of rotatable bonds is 4. The number of likely N-dealkylation sites (N-methyl/N-ethyl adjacent to an activating group) is 1. The maximum Gasteiger partial charge on any atom is 0.243 e. The second-order valence-electron chi connectivity index (χ2n) is 4.83. The fourth-order valence-corrected chi connectivity index (χ4v) is 3.60. The Morgan fingerprint density at radius 2 is 1.80 bits per heavy atom. The van der Waals surface area contributed by atoms with Crippen molar-refractivity contribution in [2.24, 2.45) is 0 Å². The fraction of sp³-hybridized carbons (Fsp3) is 0.286. The van der Waals surface area contributed by atoms with E-state index in [0.29, 0.717) is 16.5 Å². The summed E-state index contributed by atoms with van der Waals surface area (Å²) in [6.45, 7) is 1.59. The van der Waals surface area contributed by atoms with Gasteiger partial charge in [0.25, 0.3) is 0 Å². The highest BCUT2D eigenvalue weighted by Crippen LogP contribution is 2.29. The van der Waals surface area contributed by atoms with Crippen LogP contribution in [0.3, 0.4) is 0 Å². The number of aliphatic hydroxyl groups excluding tert-OH is 1. The zero-order chi connectivity index (χ0) is 14.9. The molecule has 0 aromatic heterocycles. The lowest BCUT2D eigenvalue weighted by Crippen LogP contribution is -2.33. The Balaban J connectivity index is 2.61. The molecule has 3 N–H and O–H groups in total. The quantitative estimate of drug-likeness (QED) is 0.835. The molecular weight excluding hydrogens is 276 g/mol. The van der Waals surface area contributed by atoms with Crippen molar-refractivity contribution in [1.82, 2.24) is 4.31 Å². The maximum absolute atomic E-state index is 12.6. The smallest absolute Gasteiger partial charge is 0.243 e. The minimum atomic E-state index is -3.66. The normalized spacial score (nSPS) is 13.8. The number of anilines is 1. The van der Waals surface area contributed by atoms with E-state index in [2.05, 4.69) is 0 Å². The van der Waals surface area contributed by atoms with Gasteiger partial charge in [0.2, 0.25) is 10.0 Å². The summed E-state index contributed by atoms with van der Waals surface area (Å²) >= 11 is 0. The van der Waals surface area contributed by atoms with Gasteiger partial charge < -0.3 is 10.8 Å². The third-order valence-electron chi connectivity index (χ3n) is 3.13. The first-order chi connectivity index (χ1) is 9.34. The fourth-order valence-electron chi connectivity index (χ4n) is 2.16. The van der Waals surface area contributed by atoms with Crippen LogP contribution >= 0.6 is 0 Å². The van der Waals surface area contributed by atoms with E-state index in [1.54, 1.807) is 31.2 Å². The number of nitrogens with zero attached hydrogens (tertiary/aromatic N) is 1. The van der Waals surface area contributed by atoms with Crippen molar-refractivity contribution in [3.63, 3.8) is 0 Å². The van der Waals surface area contributed by atoms with Gasteiger partial charge in [0, 0.05) is 30.1 Å². The van der Waals surface area contributed by atoms with E-state index < -0.39 is 16.1 Å². The molecular formula is C14H18N2O3S. The van der Waals surface area contributed by atoms with E-state index in [1.807, 2.05) is 6.07 Å². The molecule has 0 heterocycles. The van der Waals surface area contributed by atoms with Gasteiger partial charge in [-0.15, -0.1) is 0 Å². The average molecular weight is 294 g/mol. The summed E-state index contributed by atoms with van der Waals surface area (Å²) in [6, 6.07) is 10.2. The second-order valence-corrected chi connectivity index (χ2v) is 6.85. The largest absolute Gasteiger partial charge is 0.398 e. The van der Waals surface area contributed by atoms with E-state index in [4.69, 9.17) is 5.73 Å². The molecule has 2 aromatic rings. The third kappa shape index (κ3) is 2.63. The minimum absolute atomic E-state index is 0.0427. The summed E-state index contributed by atoms with van der Waals surface area (Å²) in [4.78, 5) is 0.199. The number of nitrogens with two attached hydrogens (primary N) is 1. The van der Waals surface area contributed by atoms with E-state index in [-0.39, 0.29) is 11.4 Å². The number of fused-ring (bicyclic) bond motifs is 1. The zero-order valence-corrected chi connectivity index (χ0v) is 12.3. The van der Waals surface area contributed by atoms with Crippen LogP contribution in [0.1, 0.15) is 6.92 Å². The first-order valence-electron chi connectivity index (χ1n) is 6.25. The molecule has 5 nitrogen and oxygen atoms in total. The van der Waals surface area contributed by atoms with E-state index >= 15 is 0 Å². The Kier molecular flexibility index (Phi) is 3.99. The number of hydrogen-bond acceptors (Lipinski definition) is 4. The average Bonchev–Trinajstić information content (AvgIpc) is 2.38. The molecule has 0 saturated heterocycles. The van der Waals surface area contributed by atoms with Crippen LogP contribution in [0.5, 0.6) is 0 Å². The van der Waals surface area contributed by atoms with E-state index in [9.17, 15) is 13.5 Å².